The number of methoxy groups -OCH3 is 1. The predicted octanol–water partition coefficient (Wildman–Crippen LogP) is 4.61. The Morgan fingerprint density at radius 3 is 1.58 bits per heavy atom. The Morgan fingerprint density at radius 2 is 1.18 bits per heavy atom. The Hall–Kier alpha value is -3.17. The van der Waals surface area contributed by atoms with Crippen LogP contribution < -0.4 is 15.3 Å². The summed E-state index contributed by atoms with van der Waals surface area (Å²) in [6.45, 7) is 3.83. The quantitative estimate of drug-likeness (QED) is 0.249. The minimum Gasteiger partial charge on any atom is -0.497 e. The molecule has 0 aliphatic carbocycles. The van der Waals surface area contributed by atoms with Crippen molar-refractivity contribution in [3.8, 4) is 5.75 Å². The van der Waals surface area contributed by atoms with E-state index < -0.39 is 31.4 Å². The molecule has 6 heteroatoms. The Morgan fingerprint density at radius 1 is 0.727 bits per heavy atom. The van der Waals surface area contributed by atoms with E-state index in [9.17, 15) is 9.59 Å². The molecule has 0 aliphatic heterocycles. The molecule has 172 valence electrons. The molecule has 0 fully saturated rings. The summed E-state index contributed by atoms with van der Waals surface area (Å²) in [5, 5.41) is 2.11. The van der Waals surface area contributed by atoms with Gasteiger partial charge in [-0.15, -0.1) is 0 Å². The molecule has 0 radical (unpaired) electrons. The van der Waals surface area contributed by atoms with Crippen molar-refractivity contribution < 1.29 is 23.8 Å². The maximum Gasteiger partial charge on any atom is 0.321 e. The molecule has 0 bridgehead atoms. The van der Waals surface area contributed by atoms with Gasteiger partial charge in [-0.2, -0.15) is 0 Å². The second-order valence-electron chi connectivity index (χ2n) is 7.24. The molecule has 33 heavy (non-hydrogen) atoms. The van der Waals surface area contributed by atoms with Crippen molar-refractivity contribution in [2.45, 2.75) is 19.5 Å². The van der Waals surface area contributed by atoms with Crippen molar-refractivity contribution in [2.24, 2.45) is 5.92 Å². The van der Waals surface area contributed by atoms with Gasteiger partial charge in [0.05, 0.1) is 20.3 Å². The average molecular weight is 464 g/mol. The van der Waals surface area contributed by atoms with Crippen molar-refractivity contribution in [3.63, 3.8) is 0 Å². The molecule has 0 N–H and O–H groups in total. The fraction of sp³-hybridized carbons (Fsp3) is 0.259. The van der Waals surface area contributed by atoms with E-state index in [4.69, 9.17) is 14.2 Å². The van der Waals surface area contributed by atoms with Crippen molar-refractivity contribution in [1.82, 2.24) is 0 Å². The van der Waals surface area contributed by atoms with Gasteiger partial charge >= 0.3 is 11.9 Å². The van der Waals surface area contributed by atoms with Gasteiger partial charge in [-0.05, 0) is 50.1 Å². The smallest absolute Gasteiger partial charge is 0.321 e. The lowest BCUT2D eigenvalue weighted by atomic mass is 9.98. The van der Waals surface area contributed by atoms with Crippen LogP contribution in [0, 0.1) is 5.92 Å². The van der Waals surface area contributed by atoms with Gasteiger partial charge in [-0.1, -0.05) is 72.8 Å². The van der Waals surface area contributed by atoms with E-state index in [1.54, 1.807) is 21.0 Å². The molecule has 0 saturated heterocycles. The lowest BCUT2D eigenvalue weighted by molar-refractivity contribution is -0.161. The van der Waals surface area contributed by atoms with Crippen molar-refractivity contribution >= 4 is 30.5 Å². The summed E-state index contributed by atoms with van der Waals surface area (Å²) in [6, 6.07) is 27.5. The number of ether oxygens (including phenoxy) is 3. The average Bonchev–Trinajstić information content (AvgIpc) is 2.85. The highest BCUT2D eigenvalue weighted by Gasteiger charge is 2.43. The Labute approximate surface area is 196 Å². The molecule has 5 nitrogen and oxygen atoms in total. The summed E-state index contributed by atoms with van der Waals surface area (Å²) in [7, 11) is 0.432. The second-order valence-corrected chi connectivity index (χ2v) is 9.57. The van der Waals surface area contributed by atoms with Crippen LogP contribution in [0.15, 0.2) is 84.9 Å². The molecule has 0 saturated carbocycles. The van der Waals surface area contributed by atoms with Crippen LogP contribution in [0.2, 0.25) is 0 Å². The molecule has 1 atom stereocenters. The van der Waals surface area contributed by atoms with Crippen molar-refractivity contribution in [3.05, 3.63) is 90.5 Å². The lowest BCUT2D eigenvalue weighted by Crippen LogP contribution is -2.35. The first-order chi connectivity index (χ1) is 16.1. The van der Waals surface area contributed by atoms with Crippen LogP contribution in [0.1, 0.15) is 25.1 Å². The summed E-state index contributed by atoms with van der Waals surface area (Å²) >= 11 is 0. The van der Waals surface area contributed by atoms with Crippen LogP contribution in [0.25, 0.3) is 0 Å². The number of carbonyl (C=O) groups is 2. The lowest BCUT2D eigenvalue weighted by Gasteiger charge is -2.33. The van der Waals surface area contributed by atoms with E-state index in [2.05, 4.69) is 0 Å². The highest BCUT2D eigenvalue weighted by Crippen LogP contribution is 2.54. The molecule has 0 heterocycles. The van der Waals surface area contributed by atoms with Gasteiger partial charge < -0.3 is 14.2 Å². The van der Waals surface area contributed by atoms with E-state index in [1.807, 2.05) is 84.9 Å². The van der Waals surface area contributed by atoms with Gasteiger partial charge in [0.15, 0.2) is 5.92 Å². The highest BCUT2D eigenvalue weighted by molar-refractivity contribution is 7.73. The predicted molar refractivity (Wildman–Crippen MR) is 132 cm³/mol. The summed E-state index contributed by atoms with van der Waals surface area (Å²) in [6.07, 6.45) is 0. The SMILES string of the molecule is CCOC(=O)C(C(=O)OCC)[C@@H](c1ccc(OC)cc1)P(c1ccccc1)c1ccccc1. The normalized spacial score (nSPS) is 11.8. The van der Waals surface area contributed by atoms with E-state index in [0.29, 0.717) is 5.75 Å². The topological polar surface area (TPSA) is 61.8 Å². The van der Waals surface area contributed by atoms with E-state index in [0.717, 1.165) is 16.2 Å². The van der Waals surface area contributed by atoms with Crippen LogP contribution in [-0.4, -0.2) is 32.3 Å². The molecule has 3 aromatic carbocycles. The number of benzene rings is 3. The second kappa shape index (κ2) is 12.2. The Bertz CT molecular complexity index is 964. The first-order valence-corrected chi connectivity index (χ1v) is 12.4. The summed E-state index contributed by atoms with van der Waals surface area (Å²) in [5.41, 5.74) is 0.356. The van der Waals surface area contributed by atoms with Crippen molar-refractivity contribution in [1.29, 1.82) is 0 Å². The summed E-state index contributed by atoms with van der Waals surface area (Å²) in [5.74, 6) is -1.55. The number of rotatable bonds is 10. The number of hydrogen-bond acceptors (Lipinski definition) is 5. The zero-order valence-electron chi connectivity index (χ0n) is 19.1. The third-order valence-electron chi connectivity index (χ3n) is 5.20. The van der Waals surface area contributed by atoms with Gasteiger partial charge in [-0.25, -0.2) is 0 Å². The van der Waals surface area contributed by atoms with E-state index >= 15 is 0 Å². The minimum absolute atomic E-state index is 0.179. The van der Waals surface area contributed by atoms with Crippen LogP contribution in [0.5, 0.6) is 5.75 Å². The molecule has 0 aliphatic rings. The van der Waals surface area contributed by atoms with Gasteiger partial charge in [-0.3, -0.25) is 9.59 Å². The van der Waals surface area contributed by atoms with Gasteiger partial charge in [0.1, 0.15) is 5.75 Å². The van der Waals surface area contributed by atoms with Crippen LogP contribution >= 0.6 is 7.92 Å². The first kappa shape index (κ1) is 24.5. The Balaban J connectivity index is 2.25. The van der Waals surface area contributed by atoms with Gasteiger partial charge in [0, 0.05) is 5.66 Å². The molecular weight excluding hydrogens is 435 g/mol. The molecule has 0 spiro atoms. The Kier molecular flexibility index (Phi) is 9.03. The molecule has 3 rings (SSSR count). The van der Waals surface area contributed by atoms with E-state index in [-0.39, 0.29) is 13.2 Å². The minimum atomic E-state index is -1.17. The van der Waals surface area contributed by atoms with Crippen LogP contribution in [0.3, 0.4) is 0 Å². The number of carbonyl (C=O) groups excluding carboxylic acids is 2. The van der Waals surface area contributed by atoms with Crippen molar-refractivity contribution in [2.75, 3.05) is 20.3 Å². The molecule has 3 aromatic rings. The fourth-order valence-electron chi connectivity index (χ4n) is 3.76. The van der Waals surface area contributed by atoms with E-state index in [1.165, 1.54) is 0 Å². The maximum atomic E-state index is 13.2. The van der Waals surface area contributed by atoms with Crippen LogP contribution in [0.4, 0.5) is 0 Å². The number of esters is 2. The summed E-state index contributed by atoms with van der Waals surface area (Å²) in [4.78, 5) is 26.5. The zero-order valence-corrected chi connectivity index (χ0v) is 20.0. The largest absolute Gasteiger partial charge is 0.497 e. The zero-order chi connectivity index (χ0) is 23.6. The summed E-state index contributed by atoms with van der Waals surface area (Å²) < 4.78 is 16.1. The third kappa shape index (κ3) is 6.00. The standard InChI is InChI=1S/C27H29O5P/c1-4-31-26(28)24(27(29)32-5-2)25(20-16-18-21(30-3)19-17-20)33(22-12-8-6-9-13-22)23-14-10-7-11-15-23/h6-19,24-25H,4-5H2,1-3H3/t25-/m1/s1. The number of hydrogen-bond donors (Lipinski definition) is 0. The molecule has 0 amide bonds. The maximum absolute atomic E-state index is 13.2. The monoisotopic (exact) mass is 464 g/mol. The third-order valence-corrected chi connectivity index (χ3v) is 8.06. The first-order valence-electron chi connectivity index (χ1n) is 11.0. The molecular formula is C27H29O5P. The van der Waals surface area contributed by atoms with Gasteiger partial charge in [0.2, 0.25) is 0 Å². The van der Waals surface area contributed by atoms with Gasteiger partial charge in [0.25, 0.3) is 0 Å². The highest BCUT2D eigenvalue weighted by atomic mass is 31.1. The molecule has 0 aromatic heterocycles. The van der Waals surface area contributed by atoms with Crippen LogP contribution in [-0.2, 0) is 19.1 Å². The fourth-order valence-corrected chi connectivity index (χ4v) is 6.70. The molecule has 0 unspecified atom stereocenters.